The Hall–Kier alpha value is -0.670. The van der Waals surface area contributed by atoms with Crippen LogP contribution in [0, 0.1) is 0 Å². The van der Waals surface area contributed by atoms with E-state index in [-0.39, 0.29) is 17.2 Å². The summed E-state index contributed by atoms with van der Waals surface area (Å²) in [4.78, 5) is 11.7. The minimum atomic E-state index is -0.184. The van der Waals surface area contributed by atoms with E-state index in [4.69, 9.17) is 5.11 Å². The standard InChI is InChI=1S/C12H15BrO2/c1-3-10-5-4-9(7-14)6-11(10)12(15)8(2)13/h4-6,8,14H,3,7H2,1-2H3. The van der Waals surface area contributed by atoms with Crippen LogP contribution in [0.25, 0.3) is 0 Å². The van der Waals surface area contributed by atoms with E-state index in [2.05, 4.69) is 15.9 Å². The van der Waals surface area contributed by atoms with Crippen LogP contribution < -0.4 is 0 Å². The number of aryl methyl sites for hydroxylation is 1. The highest BCUT2D eigenvalue weighted by Crippen LogP contribution is 2.17. The molecule has 15 heavy (non-hydrogen) atoms. The minimum absolute atomic E-state index is 0.0268. The molecule has 1 rings (SSSR count). The molecule has 1 atom stereocenters. The van der Waals surface area contributed by atoms with Crippen molar-refractivity contribution >= 4 is 21.7 Å². The van der Waals surface area contributed by atoms with E-state index >= 15 is 0 Å². The highest BCUT2D eigenvalue weighted by Gasteiger charge is 2.15. The van der Waals surface area contributed by atoms with E-state index in [1.165, 1.54) is 0 Å². The highest BCUT2D eigenvalue weighted by atomic mass is 79.9. The molecule has 2 nitrogen and oxygen atoms in total. The van der Waals surface area contributed by atoms with Gasteiger partial charge in [-0.25, -0.2) is 0 Å². The van der Waals surface area contributed by atoms with Crippen LogP contribution in [-0.2, 0) is 13.0 Å². The van der Waals surface area contributed by atoms with Gasteiger partial charge in [-0.2, -0.15) is 0 Å². The number of carbonyl (C=O) groups is 1. The summed E-state index contributed by atoms with van der Waals surface area (Å²) < 4.78 is 0. The van der Waals surface area contributed by atoms with Crippen molar-refractivity contribution in [1.29, 1.82) is 0 Å². The van der Waals surface area contributed by atoms with E-state index in [0.29, 0.717) is 5.56 Å². The number of rotatable bonds is 4. The smallest absolute Gasteiger partial charge is 0.176 e. The Balaban J connectivity index is 3.17. The number of aliphatic hydroxyl groups is 1. The molecule has 1 N–H and O–H groups in total. The zero-order valence-electron chi connectivity index (χ0n) is 8.96. The van der Waals surface area contributed by atoms with Crippen molar-refractivity contribution in [3.8, 4) is 0 Å². The van der Waals surface area contributed by atoms with Crippen LogP contribution in [0.1, 0.15) is 35.3 Å². The van der Waals surface area contributed by atoms with Gasteiger partial charge >= 0.3 is 0 Å². The number of hydrogen-bond donors (Lipinski definition) is 1. The Morgan fingerprint density at radius 2 is 2.20 bits per heavy atom. The van der Waals surface area contributed by atoms with E-state index in [9.17, 15) is 4.79 Å². The van der Waals surface area contributed by atoms with Crippen LogP contribution in [0.4, 0.5) is 0 Å². The van der Waals surface area contributed by atoms with Crippen LogP contribution in [-0.4, -0.2) is 15.7 Å². The van der Waals surface area contributed by atoms with Gasteiger partial charge in [0.05, 0.1) is 11.4 Å². The molecule has 0 heterocycles. The predicted molar refractivity (Wildman–Crippen MR) is 64.5 cm³/mol. The molecule has 3 heteroatoms. The molecule has 1 aromatic carbocycles. The third kappa shape index (κ3) is 2.89. The summed E-state index contributed by atoms with van der Waals surface area (Å²) in [6, 6.07) is 5.54. The second-order valence-electron chi connectivity index (χ2n) is 3.48. The Labute approximate surface area is 98.4 Å². The van der Waals surface area contributed by atoms with Gasteiger partial charge in [-0.1, -0.05) is 35.0 Å². The molecule has 0 amide bonds. The van der Waals surface area contributed by atoms with E-state index in [1.807, 2.05) is 26.0 Å². The van der Waals surface area contributed by atoms with Gasteiger partial charge in [-0.15, -0.1) is 0 Å². The second-order valence-corrected chi connectivity index (χ2v) is 4.86. The second kappa shape index (κ2) is 5.42. The fourth-order valence-corrected chi connectivity index (χ4v) is 1.72. The van der Waals surface area contributed by atoms with Crippen LogP contribution in [0.3, 0.4) is 0 Å². The molecule has 0 saturated heterocycles. The summed E-state index contributed by atoms with van der Waals surface area (Å²) in [6.45, 7) is 3.80. The van der Waals surface area contributed by atoms with Gasteiger partial charge in [0.15, 0.2) is 5.78 Å². The third-order valence-corrected chi connectivity index (χ3v) is 2.78. The van der Waals surface area contributed by atoms with Gasteiger partial charge in [0.1, 0.15) is 0 Å². The number of carbonyl (C=O) groups excluding carboxylic acids is 1. The van der Waals surface area contributed by atoms with Gasteiger partial charge in [-0.05, 0) is 30.5 Å². The van der Waals surface area contributed by atoms with Crippen molar-refractivity contribution in [2.75, 3.05) is 0 Å². The Morgan fingerprint density at radius 3 is 2.67 bits per heavy atom. The van der Waals surface area contributed by atoms with Gasteiger partial charge in [0.2, 0.25) is 0 Å². The average molecular weight is 271 g/mol. The lowest BCUT2D eigenvalue weighted by atomic mass is 9.98. The van der Waals surface area contributed by atoms with E-state index in [0.717, 1.165) is 17.5 Å². The molecule has 0 aromatic heterocycles. The number of alkyl halides is 1. The monoisotopic (exact) mass is 270 g/mol. The molecule has 1 unspecified atom stereocenters. The fourth-order valence-electron chi connectivity index (χ4n) is 1.47. The molecule has 0 radical (unpaired) electrons. The summed E-state index contributed by atoms with van der Waals surface area (Å²) in [6.07, 6.45) is 0.826. The minimum Gasteiger partial charge on any atom is -0.392 e. The first-order chi connectivity index (χ1) is 7.10. The van der Waals surface area contributed by atoms with E-state index in [1.54, 1.807) is 6.07 Å². The Kier molecular flexibility index (Phi) is 4.48. The molecular weight excluding hydrogens is 256 g/mol. The SMILES string of the molecule is CCc1ccc(CO)cc1C(=O)C(C)Br. The van der Waals surface area contributed by atoms with Gasteiger partial charge in [-0.3, -0.25) is 4.79 Å². The predicted octanol–water partition coefficient (Wildman–Crippen LogP) is 2.71. The lowest BCUT2D eigenvalue weighted by Crippen LogP contribution is -2.13. The Bertz CT molecular complexity index is 359. The topological polar surface area (TPSA) is 37.3 Å². The highest BCUT2D eigenvalue weighted by molar-refractivity contribution is 9.10. The van der Waals surface area contributed by atoms with Crippen LogP contribution in [0.15, 0.2) is 18.2 Å². The van der Waals surface area contributed by atoms with Crippen molar-refractivity contribution in [3.63, 3.8) is 0 Å². The maximum Gasteiger partial charge on any atom is 0.176 e. The van der Waals surface area contributed by atoms with Crippen LogP contribution in [0.2, 0.25) is 0 Å². The molecule has 0 bridgehead atoms. The van der Waals surface area contributed by atoms with Crippen LogP contribution in [0.5, 0.6) is 0 Å². The van der Waals surface area contributed by atoms with Gasteiger partial charge < -0.3 is 5.11 Å². The molecule has 1 aromatic rings. The van der Waals surface area contributed by atoms with Crippen molar-refractivity contribution in [2.24, 2.45) is 0 Å². The van der Waals surface area contributed by atoms with Crippen LogP contribution >= 0.6 is 15.9 Å². The first-order valence-electron chi connectivity index (χ1n) is 5.01. The van der Waals surface area contributed by atoms with Crippen molar-refractivity contribution in [3.05, 3.63) is 34.9 Å². The molecule has 0 aliphatic heterocycles. The molecule has 0 fully saturated rings. The lowest BCUT2D eigenvalue weighted by molar-refractivity contribution is 0.0995. The Morgan fingerprint density at radius 1 is 1.53 bits per heavy atom. The zero-order chi connectivity index (χ0) is 11.4. The number of aliphatic hydroxyl groups excluding tert-OH is 1. The van der Waals surface area contributed by atoms with Gasteiger partial charge in [0.25, 0.3) is 0 Å². The van der Waals surface area contributed by atoms with Crippen molar-refractivity contribution < 1.29 is 9.90 Å². The average Bonchev–Trinajstić information content (AvgIpc) is 2.27. The molecule has 0 aliphatic carbocycles. The summed E-state index contributed by atoms with van der Waals surface area (Å²) in [5.41, 5.74) is 2.53. The molecule has 0 saturated carbocycles. The summed E-state index contributed by atoms with van der Waals surface area (Å²) in [7, 11) is 0. The van der Waals surface area contributed by atoms with Crippen molar-refractivity contribution in [2.45, 2.75) is 31.7 Å². The molecule has 0 aliphatic rings. The summed E-state index contributed by atoms with van der Waals surface area (Å²) in [5, 5.41) is 9.02. The first-order valence-corrected chi connectivity index (χ1v) is 5.92. The fraction of sp³-hybridized carbons (Fsp3) is 0.417. The summed E-state index contributed by atoms with van der Waals surface area (Å²) >= 11 is 3.27. The number of benzene rings is 1. The van der Waals surface area contributed by atoms with Crippen molar-refractivity contribution in [1.82, 2.24) is 0 Å². The maximum absolute atomic E-state index is 11.9. The molecule has 0 spiro atoms. The normalized spacial score (nSPS) is 12.5. The zero-order valence-corrected chi connectivity index (χ0v) is 10.5. The number of Topliss-reactive ketones (excluding diaryl/α,β-unsaturated/α-hetero) is 1. The molecular formula is C12H15BrO2. The lowest BCUT2D eigenvalue weighted by Gasteiger charge is -2.10. The first kappa shape index (κ1) is 12.4. The number of ketones is 1. The quantitative estimate of drug-likeness (QED) is 0.675. The van der Waals surface area contributed by atoms with E-state index < -0.39 is 0 Å². The molecule has 82 valence electrons. The third-order valence-electron chi connectivity index (χ3n) is 2.36. The van der Waals surface area contributed by atoms with Gasteiger partial charge in [0, 0.05) is 5.56 Å². The number of halogens is 1. The summed E-state index contributed by atoms with van der Waals surface area (Å²) in [5.74, 6) is 0.0714. The maximum atomic E-state index is 11.9. The number of hydrogen-bond acceptors (Lipinski definition) is 2. The largest absolute Gasteiger partial charge is 0.392 e.